The van der Waals surface area contributed by atoms with Crippen LogP contribution >= 0.6 is 12.2 Å². The molecule has 1 atom stereocenters. The van der Waals surface area contributed by atoms with Gasteiger partial charge in [-0.25, -0.2) is 0 Å². The lowest BCUT2D eigenvalue weighted by atomic mass is 10.2. The molecule has 1 heterocycles. The first kappa shape index (κ1) is 19.9. The predicted octanol–water partition coefficient (Wildman–Crippen LogP) is 3.58. The second-order valence-electron chi connectivity index (χ2n) is 6.69. The molecule has 0 aromatic heterocycles. The highest BCUT2D eigenvalue weighted by atomic mass is 32.1. The third-order valence-corrected chi connectivity index (χ3v) is 4.65. The number of thiocarbonyl (C=S) groups is 1. The molecule has 0 saturated carbocycles. The van der Waals surface area contributed by atoms with Crippen LogP contribution < -0.4 is 25.0 Å². The van der Waals surface area contributed by atoms with Gasteiger partial charge >= 0.3 is 0 Å². The van der Waals surface area contributed by atoms with Gasteiger partial charge in [0.15, 0.2) is 5.11 Å². The zero-order valence-corrected chi connectivity index (χ0v) is 16.9. The van der Waals surface area contributed by atoms with Crippen LogP contribution in [0.1, 0.15) is 19.8 Å². The SMILES string of the molecule is COc1ccc(OC[C@@H](C)NC(=S)Nc2cccc(N3CCCC3=O)c2)cc1. The first-order valence-electron chi connectivity index (χ1n) is 9.30. The summed E-state index contributed by atoms with van der Waals surface area (Å²) in [6, 6.07) is 15.2. The molecule has 3 rings (SSSR count). The van der Waals surface area contributed by atoms with E-state index in [1.165, 1.54) is 0 Å². The van der Waals surface area contributed by atoms with Crippen LogP contribution in [0.25, 0.3) is 0 Å². The number of hydrogen-bond donors (Lipinski definition) is 2. The van der Waals surface area contributed by atoms with Crippen molar-refractivity contribution < 1.29 is 14.3 Å². The second-order valence-corrected chi connectivity index (χ2v) is 7.09. The maximum Gasteiger partial charge on any atom is 0.227 e. The van der Waals surface area contributed by atoms with Crippen LogP contribution in [-0.2, 0) is 4.79 Å². The second kappa shape index (κ2) is 9.41. The molecule has 2 aromatic rings. The largest absolute Gasteiger partial charge is 0.497 e. The standard InChI is InChI=1S/C21H25N3O3S/c1-15(14-27-19-10-8-18(26-2)9-11-19)22-21(28)23-16-5-3-6-17(13-16)24-12-4-7-20(24)25/h3,5-6,8-11,13,15H,4,7,12,14H2,1-2H3,(H2,22,23,28)/t15-/m1/s1. The van der Waals surface area contributed by atoms with Gasteiger partial charge in [0.2, 0.25) is 5.91 Å². The van der Waals surface area contributed by atoms with Crippen LogP contribution in [0, 0.1) is 0 Å². The maximum absolute atomic E-state index is 11.9. The fourth-order valence-corrected chi connectivity index (χ4v) is 3.32. The number of nitrogens with zero attached hydrogens (tertiary/aromatic N) is 1. The monoisotopic (exact) mass is 399 g/mol. The Balaban J connectivity index is 1.48. The zero-order chi connectivity index (χ0) is 19.9. The summed E-state index contributed by atoms with van der Waals surface area (Å²) >= 11 is 5.40. The maximum atomic E-state index is 11.9. The molecule has 0 bridgehead atoms. The van der Waals surface area contributed by atoms with E-state index in [4.69, 9.17) is 21.7 Å². The number of carbonyl (C=O) groups is 1. The van der Waals surface area contributed by atoms with Crippen molar-refractivity contribution in [2.24, 2.45) is 0 Å². The van der Waals surface area contributed by atoms with Crippen LogP contribution in [0.2, 0.25) is 0 Å². The van der Waals surface area contributed by atoms with E-state index >= 15 is 0 Å². The summed E-state index contributed by atoms with van der Waals surface area (Å²) in [4.78, 5) is 13.7. The third kappa shape index (κ3) is 5.36. The topological polar surface area (TPSA) is 62.8 Å². The van der Waals surface area contributed by atoms with E-state index in [0.717, 1.165) is 35.8 Å². The van der Waals surface area contributed by atoms with Crippen LogP contribution in [-0.4, -0.2) is 37.3 Å². The molecule has 0 aliphatic carbocycles. The molecule has 1 aliphatic rings. The molecule has 1 amide bonds. The average Bonchev–Trinajstić information content (AvgIpc) is 3.13. The number of nitrogens with one attached hydrogen (secondary N) is 2. The Bertz CT molecular complexity index is 826. The van der Waals surface area contributed by atoms with Gasteiger partial charge in [-0.15, -0.1) is 0 Å². The summed E-state index contributed by atoms with van der Waals surface area (Å²) in [6.45, 7) is 3.23. The lowest BCUT2D eigenvalue weighted by Gasteiger charge is -2.19. The Morgan fingerprint density at radius 1 is 1.21 bits per heavy atom. The van der Waals surface area contributed by atoms with Gasteiger partial charge in [0.25, 0.3) is 0 Å². The summed E-state index contributed by atoms with van der Waals surface area (Å²) in [7, 11) is 1.63. The minimum absolute atomic E-state index is 0.0189. The van der Waals surface area contributed by atoms with Crippen molar-refractivity contribution in [3.63, 3.8) is 0 Å². The van der Waals surface area contributed by atoms with Gasteiger partial charge in [0.05, 0.1) is 13.2 Å². The molecule has 28 heavy (non-hydrogen) atoms. The molecule has 2 N–H and O–H groups in total. The van der Waals surface area contributed by atoms with E-state index in [-0.39, 0.29) is 11.9 Å². The minimum atomic E-state index is 0.0189. The Morgan fingerprint density at radius 2 is 1.96 bits per heavy atom. The normalized spacial score (nSPS) is 14.5. The molecule has 1 fully saturated rings. The fraction of sp³-hybridized carbons (Fsp3) is 0.333. The van der Waals surface area contributed by atoms with Gasteiger partial charge in [0, 0.05) is 24.3 Å². The van der Waals surface area contributed by atoms with Gasteiger partial charge in [-0.05, 0) is 68.0 Å². The van der Waals surface area contributed by atoms with Gasteiger partial charge in [-0.2, -0.15) is 0 Å². The Morgan fingerprint density at radius 3 is 2.64 bits per heavy atom. The van der Waals surface area contributed by atoms with E-state index in [1.807, 2.05) is 60.4 Å². The molecular weight excluding hydrogens is 374 g/mol. The van der Waals surface area contributed by atoms with Gasteiger partial charge in [-0.3, -0.25) is 4.79 Å². The quantitative estimate of drug-likeness (QED) is 0.694. The van der Waals surface area contributed by atoms with Crippen LogP contribution in [0.3, 0.4) is 0 Å². The molecule has 148 valence electrons. The van der Waals surface area contributed by atoms with Crippen molar-refractivity contribution in [3.05, 3.63) is 48.5 Å². The van der Waals surface area contributed by atoms with E-state index < -0.39 is 0 Å². The smallest absolute Gasteiger partial charge is 0.227 e. The summed E-state index contributed by atoms with van der Waals surface area (Å²) in [6.07, 6.45) is 1.52. The molecule has 1 aliphatic heterocycles. The molecule has 0 unspecified atom stereocenters. The number of rotatable bonds is 7. The highest BCUT2D eigenvalue weighted by Gasteiger charge is 2.21. The fourth-order valence-electron chi connectivity index (χ4n) is 3.00. The lowest BCUT2D eigenvalue weighted by molar-refractivity contribution is -0.117. The van der Waals surface area contributed by atoms with Crippen LogP contribution in [0.5, 0.6) is 11.5 Å². The highest BCUT2D eigenvalue weighted by Crippen LogP contribution is 2.24. The zero-order valence-electron chi connectivity index (χ0n) is 16.1. The number of anilines is 2. The van der Waals surface area contributed by atoms with E-state index in [9.17, 15) is 4.79 Å². The number of methoxy groups -OCH3 is 1. The molecule has 2 aromatic carbocycles. The number of benzene rings is 2. The highest BCUT2D eigenvalue weighted by molar-refractivity contribution is 7.80. The van der Waals surface area contributed by atoms with Crippen LogP contribution in [0.4, 0.5) is 11.4 Å². The number of carbonyl (C=O) groups excluding carboxylic acids is 1. The van der Waals surface area contributed by atoms with Crippen molar-refractivity contribution in [1.82, 2.24) is 5.32 Å². The van der Waals surface area contributed by atoms with Crippen molar-refractivity contribution in [1.29, 1.82) is 0 Å². The van der Waals surface area contributed by atoms with Crippen LogP contribution in [0.15, 0.2) is 48.5 Å². The van der Waals surface area contributed by atoms with Crippen molar-refractivity contribution in [2.45, 2.75) is 25.8 Å². The average molecular weight is 400 g/mol. The van der Waals surface area contributed by atoms with E-state index in [2.05, 4.69) is 10.6 Å². The molecule has 1 saturated heterocycles. The first-order chi connectivity index (χ1) is 13.5. The predicted molar refractivity (Wildman–Crippen MR) is 115 cm³/mol. The Hall–Kier alpha value is -2.80. The number of ether oxygens (including phenoxy) is 2. The molecular formula is C21H25N3O3S. The Labute approximate surface area is 170 Å². The summed E-state index contributed by atoms with van der Waals surface area (Å²) in [5, 5.41) is 6.89. The minimum Gasteiger partial charge on any atom is -0.497 e. The number of amides is 1. The first-order valence-corrected chi connectivity index (χ1v) is 9.71. The molecule has 7 heteroatoms. The Kier molecular flexibility index (Phi) is 6.71. The van der Waals surface area contributed by atoms with E-state index in [1.54, 1.807) is 7.11 Å². The van der Waals surface area contributed by atoms with Crippen molar-refractivity contribution in [3.8, 4) is 11.5 Å². The van der Waals surface area contributed by atoms with Gasteiger partial charge in [0.1, 0.15) is 18.1 Å². The van der Waals surface area contributed by atoms with Gasteiger partial charge in [-0.1, -0.05) is 6.07 Å². The number of hydrogen-bond acceptors (Lipinski definition) is 4. The van der Waals surface area contributed by atoms with E-state index in [0.29, 0.717) is 18.1 Å². The lowest BCUT2D eigenvalue weighted by Crippen LogP contribution is -2.39. The molecule has 6 nitrogen and oxygen atoms in total. The van der Waals surface area contributed by atoms with Crippen molar-refractivity contribution in [2.75, 3.05) is 30.5 Å². The van der Waals surface area contributed by atoms with Gasteiger partial charge < -0.3 is 25.0 Å². The summed E-state index contributed by atoms with van der Waals surface area (Å²) < 4.78 is 10.9. The molecule has 0 spiro atoms. The summed E-state index contributed by atoms with van der Waals surface area (Å²) in [5.41, 5.74) is 1.74. The third-order valence-electron chi connectivity index (χ3n) is 4.43. The molecule has 0 radical (unpaired) electrons. The summed E-state index contributed by atoms with van der Waals surface area (Å²) in [5.74, 6) is 1.74. The van der Waals surface area contributed by atoms with Crippen molar-refractivity contribution >= 4 is 34.6 Å².